The molecule has 0 aromatic heterocycles. The first-order valence-electron chi connectivity index (χ1n) is 4.79. The summed E-state index contributed by atoms with van der Waals surface area (Å²) >= 11 is 6.06. The third-order valence-electron chi connectivity index (χ3n) is 2.47. The highest BCUT2D eigenvalue weighted by Crippen LogP contribution is 2.32. The van der Waals surface area contributed by atoms with Crippen LogP contribution in [0.3, 0.4) is 0 Å². The van der Waals surface area contributed by atoms with Crippen molar-refractivity contribution in [2.24, 2.45) is 0 Å². The molecule has 2 nitrogen and oxygen atoms in total. The molecule has 1 rings (SSSR count). The number of methoxy groups -OCH3 is 1. The van der Waals surface area contributed by atoms with Crippen LogP contribution in [0.1, 0.15) is 23.6 Å². The summed E-state index contributed by atoms with van der Waals surface area (Å²) < 4.78 is 5.28. The van der Waals surface area contributed by atoms with Crippen molar-refractivity contribution in [3.8, 4) is 5.75 Å². The summed E-state index contributed by atoms with van der Waals surface area (Å²) in [5, 5.41) is 0.647. The third-order valence-corrected chi connectivity index (χ3v) is 2.86. The second-order valence-electron chi connectivity index (χ2n) is 3.68. The molecule has 0 aliphatic heterocycles. The van der Waals surface area contributed by atoms with Gasteiger partial charge in [-0.25, -0.2) is 0 Å². The Bertz CT molecular complexity index is 397. The van der Waals surface area contributed by atoms with Crippen LogP contribution in [0.5, 0.6) is 5.75 Å². The average molecular weight is 227 g/mol. The van der Waals surface area contributed by atoms with Crippen LogP contribution < -0.4 is 4.74 Å². The summed E-state index contributed by atoms with van der Waals surface area (Å²) in [7, 11) is 1.61. The molecule has 0 aliphatic rings. The highest BCUT2D eigenvalue weighted by molar-refractivity contribution is 6.31. The zero-order valence-electron chi connectivity index (χ0n) is 9.48. The van der Waals surface area contributed by atoms with Crippen LogP contribution >= 0.6 is 11.6 Å². The minimum atomic E-state index is 0.125. The maximum absolute atomic E-state index is 11.1. The standard InChI is InChI=1S/C12H15ClO2/c1-7(14)5-10-6-11(13)9(3)12(15-4)8(10)2/h6H,5H2,1-4H3. The second-order valence-corrected chi connectivity index (χ2v) is 4.09. The number of hydrogen-bond donors (Lipinski definition) is 0. The number of carbonyl (C=O) groups is 1. The maximum atomic E-state index is 11.1. The van der Waals surface area contributed by atoms with Gasteiger partial charge in [0.05, 0.1) is 7.11 Å². The second kappa shape index (κ2) is 4.67. The van der Waals surface area contributed by atoms with E-state index in [9.17, 15) is 4.79 Å². The van der Waals surface area contributed by atoms with Gasteiger partial charge in [-0.15, -0.1) is 0 Å². The van der Waals surface area contributed by atoms with E-state index in [1.54, 1.807) is 14.0 Å². The van der Waals surface area contributed by atoms with Crippen molar-refractivity contribution >= 4 is 17.4 Å². The van der Waals surface area contributed by atoms with Gasteiger partial charge in [0.1, 0.15) is 11.5 Å². The Balaban J connectivity index is 3.30. The van der Waals surface area contributed by atoms with E-state index >= 15 is 0 Å². The molecule has 0 saturated carbocycles. The third kappa shape index (κ3) is 2.51. The van der Waals surface area contributed by atoms with E-state index in [-0.39, 0.29) is 5.78 Å². The Morgan fingerprint density at radius 1 is 1.40 bits per heavy atom. The predicted octanol–water partition coefficient (Wildman–Crippen LogP) is 3.10. The maximum Gasteiger partial charge on any atom is 0.134 e. The molecule has 1 aromatic carbocycles. The molecule has 0 N–H and O–H groups in total. The lowest BCUT2D eigenvalue weighted by atomic mass is 10.00. The van der Waals surface area contributed by atoms with Crippen molar-refractivity contribution in [2.45, 2.75) is 27.2 Å². The summed E-state index contributed by atoms with van der Waals surface area (Å²) in [5.41, 5.74) is 2.86. The van der Waals surface area contributed by atoms with Gasteiger partial charge in [-0.05, 0) is 38.0 Å². The first-order chi connectivity index (χ1) is 6.97. The zero-order valence-corrected chi connectivity index (χ0v) is 10.2. The van der Waals surface area contributed by atoms with Gasteiger partial charge in [0, 0.05) is 17.0 Å². The van der Waals surface area contributed by atoms with Gasteiger partial charge in [-0.3, -0.25) is 4.79 Å². The van der Waals surface area contributed by atoms with Crippen molar-refractivity contribution in [1.82, 2.24) is 0 Å². The number of ketones is 1. The molecule has 0 saturated heterocycles. The van der Waals surface area contributed by atoms with E-state index in [4.69, 9.17) is 16.3 Å². The van der Waals surface area contributed by atoms with Crippen LogP contribution in [0.25, 0.3) is 0 Å². The summed E-state index contributed by atoms with van der Waals surface area (Å²) in [6.07, 6.45) is 0.405. The Labute approximate surface area is 95.2 Å². The van der Waals surface area contributed by atoms with E-state index in [0.717, 1.165) is 22.4 Å². The summed E-state index contributed by atoms with van der Waals surface area (Å²) in [4.78, 5) is 11.1. The fourth-order valence-electron chi connectivity index (χ4n) is 1.66. The lowest BCUT2D eigenvalue weighted by Gasteiger charge is -2.14. The fraction of sp³-hybridized carbons (Fsp3) is 0.417. The number of benzene rings is 1. The molecule has 0 fully saturated rings. The molecule has 0 heterocycles. The average Bonchev–Trinajstić information content (AvgIpc) is 2.14. The molecule has 82 valence electrons. The Morgan fingerprint density at radius 2 is 2.00 bits per heavy atom. The number of ether oxygens (including phenoxy) is 1. The number of Topliss-reactive ketones (excluding diaryl/α,β-unsaturated/α-hetero) is 1. The molecule has 0 radical (unpaired) electrons. The quantitative estimate of drug-likeness (QED) is 0.792. The largest absolute Gasteiger partial charge is 0.496 e. The van der Waals surface area contributed by atoms with Crippen molar-refractivity contribution in [2.75, 3.05) is 7.11 Å². The van der Waals surface area contributed by atoms with E-state index in [1.807, 2.05) is 19.9 Å². The zero-order chi connectivity index (χ0) is 11.6. The molecule has 1 aromatic rings. The van der Waals surface area contributed by atoms with E-state index in [2.05, 4.69) is 0 Å². The first kappa shape index (κ1) is 12.1. The van der Waals surface area contributed by atoms with Crippen molar-refractivity contribution < 1.29 is 9.53 Å². The number of carbonyl (C=O) groups excluding carboxylic acids is 1. The van der Waals surface area contributed by atoms with Gasteiger partial charge in [0.25, 0.3) is 0 Å². The van der Waals surface area contributed by atoms with Crippen molar-refractivity contribution in [3.63, 3.8) is 0 Å². The minimum Gasteiger partial charge on any atom is -0.496 e. The molecule has 0 atom stereocenters. The summed E-state index contributed by atoms with van der Waals surface area (Å²) in [5.74, 6) is 0.902. The molecular weight excluding hydrogens is 212 g/mol. The monoisotopic (exact) mass is 226 g/mol. The topological polar surface area (TPSA) is 26.3 Å². The molecule has 0 bridgehead atoms. The van der Waals surface area contributed by atoms with Gasteiger partial charge in [0.2, 0.25) is 0 Å². The lowest BCUT2D eigenvalue weighted by Crippen LogP contribution is -2.02. The van der Waals surface area contributed by atoms with Crippen LogP contribution in [0.15, 0.2) is 6.07 Å². The van der Waals surface area contributed by atoms with E-state index in [0.29, 0.717) is 11.4 Å². The molecular formula is C12H15ClO2. The van der Waals surface area contributed by atoms with Gasteiger partial charge >= 0.3 is 0 Å². The number of rotatable bonds is 3. The smallest absolute Gasteiger partial charge is 0.134 e. The molecule has 15 heavy (non-hydrogen) atoms. The number of hydrogen-bond acceptors (Lipinski definition) is 2. The van der Waals surface area contributed by atoms with Crippen LogP contribution in [0, 0.1) is 13.8 Å². The summed E-state index contributed by atoms with van der Waals surface area (Å²) in [6, 6.07) is 1.84. The SMILES string of the molecule is COc1c(C)c(Cl)cc(CC(C)=O)c1C. The molecule has 0 unspecified atom stereocenters. The molecule has 0 spiro atoms. The van der Waals surface area contributed by atoms with Crippen LogP contribution in [-0.4, -0.2) is 12.9 Å². The molecule has 0 amide bonds. The Kier molecular flexibility index (Phi) is 3.75. The lowest BCUT2D eigenvalue weighted by molar-refractivity contribution is -0.116. The van der Waals surface area contributed by atoms with Crippen molar-refractivity contribution in [3.05, 3.63) is 27.8 Å². The van der Waals surface area contributed by atoms with Crippen LogP contribution in [0.4, 0.5) is 0 Å². The molecule has 0 aliphatic carbocycles. The normalized spacial score (nSPS) is 10.2. The predicted molar refractivity (Wildman–Crippen MR) is 61.9 cm³/mol. The van der Waals surface area contributed by atoms with E-state index < -0.39 is 0 Å². The fourth-order valence-corrected chi connectivity index (χ4v) is 1.88. The highest BCUT2D eigenvalue weighted by Gasteiger charge is 2.12. The van der Waals surface area contributed by atoms with Gasteiger partial charge in [-0.2, -0.15) is 0 Å². The van der Waals surface area contributed by atoms with Gasteiger partial charge in [-0.1, -0.05) is 11.6 Å². The highest BCUT2D eigenvalue weighted by atomic mass is 35.5. The van der Waals surface area contributed by atoms with Crippen LogP contribution in [-0.2, 0) is 11.2 Å². The van der Waals surface area contributed by atoms with Crippen molar-refractivity contribution in [1.29, 1.82) is 0 Å². The summed E-state index contributed by atoms with van der Waals surface area (Å²) in [6.45, 7) is 5.42. The first-order valence-corrected chi connectivity index (χ1v) is 5.17. The van der Waals surface area contributed by atoms with Gasteiger partial charge in [0.15, 0.2) is 0 Å². The minimum absolute atomic E-state index is 0.125. The molecule has 3 heteroatoms. The Morgan fingerprint density at radius 3 is 2.47 bits per heavy atom. The number of halogens is 1. The Hall–Kier alpha value is -1.02. The van der Waals surface area contributed by atoms with E-state index in [1.165, 1.54) is 0 Å². The van der Waals surface area contributed by atoms with Crippen LogP contribution in [0.2, 0.25) is 5.02 Å². The van der Waals surface area contributed by atoms with Gasteiger partial charge < -0.3 is 4.74 Å².